The average molecular weight is 318 g/mol. The van der Waals surface area contributed by atoms with Gasteiger partial charge >= 0.3 is 0 Å². The van der Waals surface area contributed by atoms with Gasteiger partial charge in [0.05, 0.1) is 12.3 Å². The molecule has 5 heteroatoms. The van der Waals surface area contributed by atoms with E-state index in [4.69, 9.17) is 9.47 Å². The van der Waals surface area contributed by atoms with E-state index in [-0.39, 0.29) is 6.61 Å². The Morgan fingerprint density at radius 2 is 1.67 bits per heavy atom. The number of aliphatic hydroxyl groups excluding tert-OH is 1. The summed E-state index contributed by atoms with van der Waals surface area (Å²) in [6.45, 7) is 0.0188. The zero-order valence-electron chi connectivity index (χ0n) is 12.7. The van der Waals surface area contributed by atoms with Crippen molar-refractivity contribution in [2.75, 3.05) is 0 Å². The molecule has 2 heterocycles. The Morgan fingerprint density at radius 1 is 0.833 bits per heavy atom. The number of rotatable bonds is 3. The molecule has 1 N–H and O–H groups in total. The second-order valence-electron chi connectivity index (χ2n) is 5.33. The number of ether oxygens (including phenoxy) is 2. The molecule has 24 heavy (non-hydrogen) atoms. The highest BCUT2D eigenvalue weighted by molar-refractivity contribution is 5.69. The van der Waals surface area contributed by atoms with Crippen LogP contribution < -0.4 is 9.47 Å². The molecule has 3 aromatic rings. The molecule has 0 fully saturated rings. The largest absolute Gasteiger partial charge is 0.448 e. The maximum atomic E-state index is 9.18. The molecule has 0 radical (unpaired) electrons. The number of hydrogen-bond acceptors (Lipinski definition) is 5. The third-order valence-corrected chi connectivity index (χ3v) is 3.60. The number of para-hydroxylation sites is 2. The van der Waals surface area contributed by atoms with E-state index in [1.54, 1.807) is 6.07 Å². The number of benzene rings is 2. The minimum absolute atomic E-state index is 0.0188. The number of aromatic nitrogens is 2. The van der Waals surface area contributed by atoms with Crippen molar-refractivity contribution >= 4 is 12.2 Å². The molecular formula is C19H14N2O3. The summed E-state index contributed by atoms with van der Waals surface area (Å²) in [6, 6.07) is 16.8. The minimum atomic E-state index is 0.0188. The van der Waals surface area contributed by atoms with E-state index in [1.165, 1.54) is 0 Å². The van der Waals surface area contributed by atoms with Crippen LogP contribution >= 0.6 is 0 Å². The Hall–Kier alpha value is -3.18. The van der Waals surface area contributed by atoms with Gasteiger partial charge in [-0.2, -0.15) is 0 Å². The average Bonchev–Trinajstić information content (AvgIpc) is 2.64. The fourth-order valence-electron chi connectivity index (χ4n) is 2.42. The van der Waals surface area contributed by atoms with E-state index in [0.29, 0.717) is 28.8 Å². The first-order valence-electron chi connectivity index (χ1n) is 7.52. The normalized spacial score (nSPS) is 12.2. The Morgan fingerprint density at radius 3 is 2.50 bits per heavy atom. The zero-order valence-corrected chi connectivity index (χ0v) is 12.7. The number of aliphatic hydroxyl groups is 1. The van der Waals surface area contributed by atoms with E-state index in [9.17, 15) is 5.11 Å². The van der Waals surface area contributed by atoms with Crippen LogP contribution in [-0.2, 0) is 6.61 Å². The van der Waals surface area contributed by atoms with Gasteiger partial charge in [0.25, 0.3) is 5.88 Å². The third kappa shape index (κ3) is 2.85. The first-order valence-corrected chi connectivity index (χ1v) is 7.52. The van der Waals surface area contributed by atoms with Crippen LogP contribution in [0.2, 0.25) is 0 Å². The van der Waals surface area contributed by atoms with E-state index in [1.807, 2.05) is 60.7 Å². The summed E-state index contributed by atoms with van der Waals surface area (Å²) >= 11 is 0. The highest BCUT2D eigenvalue weighted by Gasteiger charge is 2.20. The monoisotopic (exact) mass is 318 g/mol. The van der Waals surface area contributed by atoms with Gasteiger partial charge in [0, 0.05) is 6.07 Å². The molecule has 1 aromatic heterocycles. The summed E-state index contributed by atoms with van der Waals surface area (Å²) in [4.78, 5) is 0. The molecular weight excluding hydrogens is 304 g/mol. The molecule has 0 amide bonds. The van der Waals surface area contributed by atoms with E-state index in [2.05, 4.69) is 10.2 Å². The van der Waals surface area contributed by atoms with Crippen molar-refractivity contribution in [3.8, 4) is 23.1 Å². The predicted octanol–water partition coefficient (Wildman–Crippen LogP) is 4.04. The van der Waals surface area contributed by atoms with Gasteiger partial charge in [-0.15, -0.1) is 10.2 Å². The van der Waals surface area contributed by atoms with Gasteiger partial charge in [-0.05, 0) is 35.4 Å². The smallest absolute Gasteiger partial charge is 0.282 e. The van der Waals surface area contributed by atoms with Gasteiger partial charge in [0.2, 0.25) is 0 Å². The molecule has 5 nitrogen and oxygen atoms in total. The molecule has 2 aromatic carbocycles. The van der Waals surface area contributed by atoms with Crippen LogP contribution in [0.4, 0.5) is 0 Å². The van der Waals surface area contributed by atoms with E-state index >= 15 is 0 Å². The van der Waals surface area contributed by atoms with Crippen molar-refractivity contribution in [2.24, 2.45) is 0 Å². The lowest BCUT2D eigenvalue weighted by molar-refractivity contribution is 0.282. The fourth-order valence-corrected chi connectivity index (χ4v) is 2.42. The summed E-state index contributed by atoms with van der Waals surface area (Å²) in [7, 11) is 0. The Bertz CT molecular complexity index is 922. The first-order chi connectivity index (χ1) is 11.8. The van der Waals surface area contributed by atoms with Gasteiger partial charge in [-0.25, -0.2) is 0 Å². The number of fused-ring (bicyclic) bond motifs is 2. The van der Waals surface area contributed by atoms with Crippen LogP contribution in [0.1, 0.15) is 16.8 Å². The topological polar surface area (TPSA) is 64.5 Å². The molecule has 1 aliphatic heterocycles. The number of hydrogen-bond donors (Lipinski definition) is 1. The van der Waals surface area contributed by atoms with Gasteiger partial charge in [0.1, 0.15) is 0 Å². The molecule has 0 aliphatic carbocycles. The summed E-state index contributed by atoms with van der Waals surface area (Å²) < 4.78 is 11.5. The van der Waals surface area contributed by atoms with Gasteiger partial charge in [-0.1, -0.05) is 36.4 Å². The molecule has 0 unspecified atom stereocenters. The third-order valence-electron chi connectivity index (χ3n) is 3.60. The van der Waals surface area contributed by atoms with Crippen LogP contribution in [0, 0.1) is 0 Å². The predicted molar refractivity (Wildman–Crippen MR) is 89.9 cm³/mol. The van der Waals surface area contributed by atoms with Crippen LogP contribution in [-0.4, -0.2) is 15.3 Å². The van der Waals surface area contributed by atoms with E-state index in [0.717, 1.165) is 11.1 Å². The summed E-state index contributed by atoms with van der Waals surface area (Å²) in [5.74, 6) is 2.17. The van der Waals surface area contributed by atoms with Crippen molar-refractivity contribution in [1.29, 1.82) is 0 Å². The van der Waals surface area contributed by atoms with Crippen molar-refractivity contribution in [3.63, 3.8) is 0 Å². The van der Waals surface area contributed by atoms with Crippen molar-refractivity contribution in [1.82, 2.24) is 10.2 Å². The highest BCUT2D eigenvalue weighted by atomic mass is 16.6. The molecule has 0 atom stereocenters. The van der Waals surface area contributed by atoms with Gasteiger partial charge in [-0.3, -0.25) is 0 Å². The van der Waals surface area contributed by atoms with Gasteiger partial charge < -0.3 is 14.6 Å². The lowest BCUT2D eigenvalue weighted by Gasteiger charge is -2.18. The Kier molecular flexibility index (Phi) is 3.69. The second kappa shape index (κ2) is 6.14. The Balaban J connectivity index is 1.59. The van der Waals surface area contributed by atoms with E-state index < -0.39 is 0 Å². The number of nitrogens with zero attached hydrogens (tertiary/aromatic N) is 2. The van der Waals surface area contributed by atoms with Crippen LogP contribution in [0.5, 0.6) is 23.1 Å². The molecule has 0 saturated heterocycles. The Labute approximate surface area is 138 Å². The molecule has 0 spiro atoms. The molecule has 118 valence electrons. The standard InChI is InChI=1S/C19H14N2O3/c22-12-14-5-3-4-13(10-14)8-9-15-11-18-19(21-20-15)24-17-7-2-1-6-16(17)23-18/h1-11,22H,12H2. The van der Waals surface area contributed by atoms with Crippen LogP contribution in [0.15, 0.2) is 54.6 Å². The highest BCUT2D eigenvalue weighted by Crippen LogP contribution is 2.43. The second-order valence-corrected chi connectivity index (χ2v) is 5.33. The van der Waals surface area contributed by atoms with Crippen molar-refractivity contribution in [3.05, 3.63) is 71.4 Å². The summed E-state index contributed by atoms with van der Waals surface area (Å²) in [6.07, 6.45) is 3.75. The quantitative estimate of drug-likeness (QED) is 0.617. The van der Waals surface area contributed by atoms with Crippen molar-refractivity contribution < 1.29 is 14.6 Å². The SMILES string of the molecule is OCc1cccc(C=Cc2cc3c(nn2)Oc2ccccc2O3)c1. The van der Waals surface area contributed by atoms with Crippen LogP contribution in [0.3, 0.4) is 0 Å². The van der Waals surface area contributed by atoms with Gasteiger partial charge in [0.15, 0.2) is 17.2 Å². The van der Waals surface area contributed by atoms with Crippen molar-refractivity contribution in [2.45, 2.75) is 6.61 Å². The summed E-state index contributed by atoms with van der Waals surface area (Å²) in [5, 5.41) is 17.4. The lowest BCUT2D eigenvalue weighted by atomic mass is 10.1. The first kappa shape index (κ1) is 14.4. The minimum Gasteiger partial charge on any atom is -0.448 e. The molecule has 0 bridgehead atoms. The maximum Gasteiger partial charge on any atom is 0.282 e. The summed E-state index contributed by atoms with van der Waals surface area (Å²) in [5.41, 5.74) is 2.50. The zero-order chi connectivity index (χ0) is 16.4. The lowest BCUT2D eigenvalue weighted by Crippen LogP contribution is -2.02. The molecule has 4 rings (SSSR count). The van der Waals surface area contributed by atoms with Crippen LogP contribution in [0.25, 0.3) is 12.2 Å². The fraction of sp³-hybridized carbons (Fsp3) is 0.0526. The molecule has 1 aliphatic rings. The maximum absolute atomic E-state index is 9.18. The molecule has 0 saturated carbocycles.